The molecule has 3 rings (SSSR count). The Morgan fingerprint density at radius 1 is 1.41 bits per heavy atom. The maximum absolute atomic E-state index is 14.2. The van der Waals surface area contributed by atoms with Crippen LogP contribution < -0.4 is 15.5 Å². The predicted molar refractivity (Wildman–Crippen MR) is 99.2 cm³/mol. The minimum absolute atomic E-state index is 0.0126. The first-order valence-corrected chi connectivity index (χ1v) is 8.94. The van der Waals surface area contributed by atoms with E-state index >= 15 is 0 Å². The molecule has 0 aliphatic carbocycles. The van der Waals surface area contributed by atoms with E-state index in [4.69, 9.17) is 4.74 Å². The van der Waals surface area contributed by atoms with Crippen molar-refractivity contribution in [3.63, 3.8) is 0 Å². The maximum Gasteiger partial charge on any atom is 0.257 e. The van der Waals surface area contributed by atoms with Crippen molar-refractivity contribution in [1.29, 1.82) is 0 Å². The fourth-order valence-corrected chi connectivity index (χ4v) is 3.69. The average molecular weight is 406 g/mol. The second-order valence-electron chi connectivity index (χ2n) is 6.92. The number of nitrogens with one attached hydrogen (secondary N) is 1. The van der Waals surface area contributed by atoms with Crippen LogP contribution in [-0.2, 0) is 6.54 Å². The van der Waals surface area contributed by atoms with Crippen LogP contribution in [0.3, 0.4) is 0 Å². The Labute approximate surface area is 164 Å². The van der Waals surface area contributed by atoms with E-state index in [0.717, 1.165) is 6.07 Å². The molecule has 1 unspecified atom stereocenters. The van der Waals surface area contributed by atoms with Gasteiger partial charge in [-0.15, -0.1) is 0 Å². The van der Waals surface area contributed by atoms with E-state index in [-0.39, 0.29) is 52.8 Å². The van der Waals surface area contributed by atoms with Crippen LogP contribution in [0, 0.1) is 18.6 Å². The molecule has 29 heavy (non-hydrogen) atoms. The highest BCUT2D eigenvalue weighted by molar-refractivity contribution is 5.97. The van der Waals surface area contributed by atoms with E-state index in [1.54, 1.807) is 6.92 Å². The van der Waals surface area contributed by atoms with E-state index in [9.17, 15) is 28.3 Å². The molecule has 2 atom stereocenters. The largest absolute Gasteiger partial charge is 0.491 e. The molecule has 1 aromatic carbocycles. The first-order chi connectivity index (χ1) is 13.7. The summed E-state index contributed by atoms with van der Waals surface area (Å²) in [4.78, 5) is 37.2. The first kappa shape index (κ1) is 20.7. The van der Waals surface area contributed by atoms with Crippen LogP contribution in [0.4, 0.5) is 8.78 Å². The topological polar surface area (TPSA) is 97.6 Å². The number of rotatable bonds is 5. The zero-order chi connectivity index (χ0) is 21.5. The number of benzene rings is 1. The number of ether oxygens (including phenoxy) is 1. The zero-order valence-corrected chi connectivity index (χ0v) is 16.1. The quantitative estimate of drug-likeness (QED) is 0.742. The van der Waals surface area contributed by atoms with Crippen molar-refractivity contribution in [2.75, 3.05) is 7.11 Å². The number of amides is 1. The van der Waals surface area contributed by atoms with Gasteiger partial charge in [-0.3, -0.25) is 14.4 Å². The summed E-state index contributed by atoms with van der Waals surface area (Å²) in [6.07, 6.45) is -0.483. The highest BCUT2D eigenvalue weighted by atomic mass is 19.1. The van der Waals surface area contributed by atoms with Crippen LogP contribution >= 0.6 is 0 Å². The number of aromatic nitrogens is 1. The lowest BCUT2D eigenvalue weighted by Crippen LogP contribution is -2.33. The lowest BCUT2D eigenvalue weighted by atomic mass is 10.1. The Morgan fingerprint density at radius 2 is 2.10 bits per heavy atom. The molecular formula is C20H20F2N2O5. The SMILES string of the molecule is COc1c(C=O)n2c(c(C(=O)NCc3ccc(F)c(C)c3F)c1=O)C(O)C[C@@H]2C. The molecular weight excluding hydrogens is 386 g/mol. The molecule has 2 N–H and O–H groups in total. The Kier molecular flexibility index (Phi) is 5.52. The number of carbonyl (C=O) groups excluding carboxylic acids is 2. The van der Waals surface area contributed by atoms with Crippen molar-refractivity contribution in [2.45, 2.75) is 39.0 Å². The number of nitrogens with zero attached hydrogens (tertiary/aromatic N) is 1. The molecule has 0 saturated heterocycles. The summed E-state index contributed by atoms with van der Waals surface area (Å²) in [6, 6.07) is 1.93. The van der Waals surface area contributed by atoms with E-state index in [1.165, 1.54) is 24.7 Å². The van der Waals surface area contributed by atoms with Crippen LogP contribution in [0.5, 0.6) is 5.75 Å². The number of fused-ring (bicyclic) bond motifs is 1. The smallest absolute Gasteiger partial charge is 0.257 e. The Hall–Kier alpha value is -3.07. The molecule has 0 bridgehead atoms. The van der Waals surface area contributed by atoms with Crippen molar-refractivity contribution in [3.05, 3.63) is 62.1 Å². The summed E-state index contributed by atoms with van der Waals surface area (Å²) in [5.41, 5.74) is -1.41. The van der Waals surface area contributed by atoms with Gasteiger partial charge >= 0.3 is 0 Å². The fourth-order valence-electron chi connectivity index (χ4n) is 3.69. The minimum atomic E-state index is -1.13. The van der Waals surface area contributed by atoms with E-state index in [2.05, 4.69) is 5.32 Å². The van der Waals surface area contributed by atoms with Crippen LogP contribution in [-0.4, -0.2) is 29.0 Å². The molecule has 0 saturated carbocycles. The predicted octanol–water partition coefficient (Wildman–Crippen LogP) is 2.18. The van der Waals surface area contributed by atoms with Gasteiger partial charge in [-0.2, -0.15) is 0 Å². The third-order valence-electron chi connectivity index (χ3n) is 5.14. The molecule has 154 valence electrons. The molecule has 9 heteroatoms. The Bertz CT molecular complexity index is 1060. The third-order valence-corrected chi connectivity index (χ3v) is 5.14. The van der Waals surface area contributed by atoms with Gasteiger partial charge in [0.2, 0.25) is 5.43 Å². The molecule has 1 aliphatic rings. The fraction of sp³-hybridized carbons (Fsp3) is 0.350. The number of methoxy groups -OCH3 is 1. The number of aldehydes is 1. The number of hydrogen-bond donors (Lipinski definition) is 2. The second-order valence-corrected chi connectivity index (χ2v) is 6.92. The standard InChI is InChI=1S/C20H20F2N2O5/c1-9-6-14(26)17-15(18(27)19(29-3)13(8-25)24(9)17)20(28)23-7-11-4-5-12(21)10(2)16(11)22/h4-5,8-9,14,26H,6-7H2,1-3H3,(H,23,28)/t9-,14?/m0/s1. The summed E-state index contributed by atoms with van der Waals surface area (Å²) < 4.78 is 34.1. The van der Waals surface area contributed by atoms with Gasteiger partial charge < -0.3 is 19.7 Å². The van der Waals surface area contributed by atoms with Gasteiger partial charge in [0.1, 0.15) is 22.9 Å². The van der Waals surface area contributed by atoms with E-state index < -0.39 is 29.1 Å². The minimum Gasteiger partial charge on any atom is -0.491 e. The molecule has 2 heterocycles. The molecule has 1 aromatic heterocycles. The summed E-state index contributed by atoms with van der Waals surface area (Å²) in [7, 11) is 1.20. The van der Waals surface area contributed by atoms with Crippen LogP contribution in [0.2, 0.25) is 0 Å². The lowest BCUT2D eigenvalue weighted by molar-refractivity contribution is 0.0939. The normalized spacial score (nSPS) is 17.7. The summed E-state index contributed by atoms with van der Waals surface area (Å²) in [5.74, 6) is -2.67. The van der Waals surface area contributed by atoms with E-state index in [0.29, 0.717) is 6.29 Å². The number of halogens is 2. The van der Waals surface area contributed by atoms with Gasteiger partial charge in [-0.25, -0.2) is 8.78 Å². The van der Waals surface area contributed by atoms with Gasteiger partial charge in [0.25, 0.3) is 5.91 Å². The van der Waals surface area contributed by atoms with Gasteiger partial charge in [0, 0.05) is 23.7 Å². The average Bonchev–Trinajstić information content (AvgIpc) is 2.98. The number of aliphatic hydroxyl groups is 1. The highest BCUT2D eigenvalue weighted by Crippen LogP contribution is 2.38. The van der Waals surface area contributed by atoms with Crippen molar-refractivity contribution in [3.8, 4) is 5.75 Å². The van der Waals surface area contributed by atoms with Crippen LogP contribution in [0.25, 0.3) is 0 Å². The molecule has 0 fully saturated rings. The van der Waals surface area contributed by atoms with Crippen LogP contribution in [0.1, 0.15) is 63.2 Å². The van der Waals surface area contributed by atoms with Crippen molar-refractivity contribution in [2.24, 2.45) is 0 Å². The third kappa shape index (κ3) is 3.31. The molecule has 7 nitrogen and oxygen atoms in total. The van der Waals surface area contributed by atoms with Crippen molar-refractivity contribution >= 4 is 12.2 Å². The summed E-state index contributed by atoms with van der Waals surface area (Å²) in [6.45, 7) is 2.71. The highest BCUT2D eigenvalue weighted by Gasteiger charge is 2.36. The molecule has 2 aromatic rings. The number of pyridine rings is 1. The van der Waals surface area contributed by atoms with Crippen LogP contribution in [0.15, 0.2) is 16.9 Å². The summed E-state index contributed by atoms with van der Waals surface area (Å²) >= 11 is 0. The molecule has 1 amide bonds. The van der Waals surface area contributed by atoms with Crippen molar-refractivity contribution in [1.82, 2.24) is 9.88 Å². The summed E-state index contributed by atoms with van der Waals surface area (Å²) in [5, 5.41) is 12.8. The maximum atomic E-state index is 14.2. The molecule has 0 spiro atoms. The monoisotopic (exact) mass is 406 g/mol. The van der Waals surface area contributed by atoms with Gasteiger partial charge in [0.05, 0.1) is 18.9 Å². The molecule has 1 aliphatic heterocycles. The number of hydrogen-bond acceptors (Lipinski definition) is 5. The number of aliphatic hydroxyl groups excluding tert-OH is 1. The molecule has 0 radical (unpaired) electrons. The zero-order valence-electron chi connectivity index (χ0n) is 16.1. The second kappa shape index (κ2) is 7.75. The van der Waals surface area contributed by atoms with E-state index in [1.807, 2.05) is 0 Å². The van der Waals surface area contributed by atoms with Gasteiger partial charge in [-0.05, 0) is 26.3 Å². The Balaban J connectivity index is 2.05. The van der Waals surface area contributed by atoms with Crippen molar-refractivity contribution < 1.29 is 28.2 Å². The number of carbonyl (C=O) groups is 2. The Morgan fingerprint density at radius 3 is 2.72 bits per heavy atom. The van der Waals surface area contributed by atoms with Gasteiger partial charge in [-0.1, -0.05) is 6.07 Å². The van der Waals surface area contributed by atoms with Gasteiger partial charge in [0.15, 0.2) is 12.0 Å². The lowest BCUT2D eigenvalue weighted by Gasteiger charge is -2.19. The first-order valence-electron chi connectivity index (χ1n) is 8.94.